The number of fused-ring (bicyclic) bond motifs is 1. The van der Waals surface area contributed by atoms with Gasteiger partial charge in [0.15, 0.2) is 6.61 Å². The number of hydrogen-bond acceptors (Lipinski definition) is 6. The molecule has 3 aliphatic rings. The summed E-state index contributed by atoms with van der Waals surface area (Å²) in [5, 5.41) is 24.6. The third kappa shape index (κ3) is 5.78. The Balaban J connectivity index is 1.39. The number of rotatable bonds is 2. The highest BCUT2D eigenvalue weighted by Crippen LogP contribution is 2.38. The summed E-state index contributed by atoms with van der Waals surface area (Å²) in [5.74, 6) is 0.203. The summed E-state index contributed by atoms with van der Waals surface area (Å²) in [7, 11) is 0. The van der Waals surface area contributed by atoms with Gasteiger partial charge in [-0.3, -0.25) is 14.4 Å². The van der Waals surface area contributed by atoms with Crippen molar-refractivity contribution in [2.75, 3.05) is 39.3 Å². The van der Waals surface area contributed by atoms with Crippen LogP contribution in [0.3, 0.4) is 0 Å². The van der Waals surface area contributed by atoms with Crippen LogP contribution in [0.15, 0.2) is 24.3 Å². The average molecular weight is 488 g/mol. The summed E-state index contributed by atoms with van der Waals surface area (Å²) in [6, 6.07) is 7.22. The maximum absolute atomic E-state index is 13.0. The van der Waals surface area contributed by atoms with Crippen molar-refractivity contribution in [2.24, 2.45) is 17.3 Å². The first kappa shape index (κ1) is 25.4. The van der Waals surface area contributed by atoms with Crippen LogP contribution in [0.25, 0.3) is 0 Å². The quantitative estimate of drug-likeness (QED) is 0.561. The lowest BCUT2D eigenvalue weighted by Gasteiger charge is -2.46. The molecule has 4 rings (SSSR count). The van der Waals surface area contributed by atoms with E-state index in [2.05, 4.69) is 5.32 Å². The van der Waals surface area contributed by atoms with Crippen LogP contribution >= 0.6 is 0 Å². The van der Waals surface area contributed by atoms with Crippen molar-refractivity contribution in [3.63, 3.8) is 0 Å². The van der Waals surface area contributed by atoms with Crippen LogP contribution in [0.4, 0.5) is 0 Å². The molecule has 3 N–H and O–H groups in total. The molecule has 1 aromatic rings. The minimum atomic E-state index is -0.969. The molecule has 1 spiro atoms. The summed E-state index contributed by atoms with van der Waals surface area (Å²) >= 11 is 0. The molecule has 2 saturated heterocycles. The third-order valence-corrected chi connectivity index (χ3v) is 7.68. The van der Waals surface area contributed by atoms with Crippen molar-refractivity contribution in [3.05, 3.63) is 29.8 Å². The fourth-order valence-corrected chi connectivity index (χ4v) is 5.33. The van der Waals surface area contributed by atoms with Crippen LogP contribution in [0, 0.1) is 17.3 Å². The third-order valence-electron chi connectivity index (χ3n) is 7.68. The van der Waals surface area contributed by atoms with Crippen LogP contribution in [0.1, 0.15) is 38.7 Å². The first-order valence-electron chi connectivity index (χ1n) is 12.6. The van der Waals surface area contributed by atoms with Gasteiger partial charge in [0, 0.05) is 45.1 Å². The van der Waals surface area contributed by atoms with E-state index in [0.29, 0.717) is 57.7 Å². The number of amides is 3. The lowest BCUT2D eigenvalue weighted by atomic mass is 9.72. The molecule has 0 aromatic heterocycles. The Kier molecular flexibility index (Phi) is 7.66. The molecule has 3 amide bonds. The molecule has 2 fully saturated rings. The lowest BCUT2D eigenvalue weighted by Crippen LogP contribution is -2.59. The molecule has 1 aromatic carbocycles. The van der Waals surface area contributed by atoms with Gasteiger partial charge in [-0.15, -0.1) is 0 Å². The lowest BCUT2D eigenvalue weighted by molar-refractivity contribution is -0.152. The highest BCUT2D eigenvalue weighted by Gasteiger charge is 2.43. The van der Waals surface area contributed by atoms with E-state index in [4.69, 9.17) is 4.74 Å². The highest BCUT2D eigenvalue weighted by molar-refractivity contribution is 5.85. The number of carbonyl (C=O) groups is 3. The summed E-state index contributed by atoms with van der Waals surface area (Å²) < 4.78 is 5.68. The van der Waals surface area contributed by atoms with Crippen LogP contribution in [0.2, 0.25) is 0 Å². The summed E-state index contributed by atoms with van der Waals surface area (Å²) in [4.78, 5) is 41.1. The van der Waals surface area contributed by atoms with Gasteiger partial charge in [0.05, 0.1) is 18.1 Å². The van der Waals surface area contributed by atoms with Crippen LogP contribution in [-0.2, 0) is 20.8 Å². The van der Waals surface area contributed by atoms with E-state index in [0.717, 1.165) is 5.56 Å². The molecular formula is C26H37N3O6. The molecule has 2 atom stereocenters. The fourth-order valence-electron chi connectivity index (χ4n) is 5.33. The van der Waals surface area contributed by atoms with Gasteiger partial charge in [-0.1, -0.05) is 32.0 Å². The number of benzene rings is 1. The Bertz CT molecular complexity index is 937. The van der Waals surface area contributed by atoms with Crippen molar-refractivity contribution >= 4 is 17.7 Å². The minimum absolute atomic E-state index is 0.0652. The molecule has 0 bridgehead atoms. The first-order valence-corrected chi connectivity index (χ1v) is 12.6. The summed E-state index contributed by atoms with van der Waals surface area (Å²) in [6.07, 6.45) is -0.148. The van der Waals surface area contributed by atoms with Gasteiger partial charge < -0.3 is 30.1 Å². The first-order chi connectivity index (χ1) is 16.7. The SMILES string of the molecule is CC(C)C(=O)N1CC(C(=O)N2CCC3(CC2)CNC(=O)COc2ccccc2C[C@H](O)[C@H](O)C3)C1. The molecule has 0 radical (unpaired) electrons. The zero-order valence-corrected chi connectivity index (χ0v) is 20.6. The van der Waals surface area contributed by atoms with Crippen molar-refractivity contribution in [1.29, 1.82) is 0 Å². The Morgan fingerprint density at radius 2 is 1.77 bits per heavy atom. The van der Waals surface area contributed by atoms with Gasteiger partial charge in [0.2, 0.25) is 11.8 Å². The van der Waals surface area contributed by atoms with Crippen LogP contribution < -0.4 is 10.1 Å². The number of carbonyl (C=O) groups excluding carboxylic acids is 3. The van der Waals surface area contributed by atoms with Gasteiger partial charge in [0.25, 0.3) is 5.91 Å². The Labute approximate surface area is 206 Å². The normalized spacial score (nSPS) is 25.6. The van der Waals surface area contributed by atoms with Crippen molar-refractivity contribution < 1.29 is 29.3 Å². The van der Waals surface area contributed by atoms with Gasteiger partial charge >= 0.3 is 0 Å². The Morgan fingerprint density at radius 3 is 2.46 bits per heavy atom. The Hall–Kier alpha value is -2.65. The molecule has 0 unspecified atom stereocenters. The molecule has 9 nitrogen and oxygen atoms in total. The minimum Gasteiger partial charge on any atom is -0.483 e. The van der Waals surface area contributed by atoms with E-state index in [1.54, 1.807) is 17.0 Å². The number of likely N-dealkylation sites (tertiary alicyclic amines) is 2. The summed E-state index contributed by atoms with van der Waals surface area (Å²) in [5.41, 5.74) is 0.317. The van der Waals surface area contributed by atoms with E-state index in [1.807, 2.05) is 30.9 Å². The fraction of sp³-hybridized carbons (Fsp3) is 0.654. The molecule has 3 aliphatic heterocycles. The van der Waals surface area contributed by atoms with Crippen molar-refractivity contribution in [3.8, 4) is 5.75 Å². The number of aliphatic hydroxyl groups is 2. The number of hydrogen-bond donors (Lipinski definition) is 3. The smallest absolute Gasteiger partial charge is 0.257 e. The van der Waals surface area contributed by atoms with Crippen molar-refractivity contribution in [1.82, 2.24) is 15.1 Å². The average Bonchev–Trinajstić information content (AvgIpc) is 2.81. The second kappa shape index (κ2) is 10.5. The number of nitrogens with one attached hydrogen (secondary N) is 1. The van der Waals surface area contributed by atoms with Crippen LogP contribution in [0.5, 0.6) is 5.75 Å². The van der Waals surface area contributed by atoms with Gasteiger partial charge in [0.1, 0.15) is 5.75 Å². The number of para-hydroxylation sites is 1. The predicted octanol–water partition coefficient (Wildman–Crippen LogP) is 0.573. The maximum atomic E-state index is 13.0. The van der Waals surface area contributed by atoms with E-state index in [9.17, 15) is 24.6 Å². The molecule has 192 valence electrons. The molecule has 9 heteroatoms. The number of piperidine rings is 1. The van der Waals surface area contributed by atoms with Gasteiger partial charge in [-0.25, -0.2) is 0 Å². The van der Waals surface area contributed by atoms with Crippen LogP contribution in [-0.4, -0.2) is 89.3 Å². The standard InChI is InChI=1S/C26H37N3O6/c1-17(2)24(33)29-13-19(14-29)25(34)28-9-7-26(8-10-28)12-21(31)20(30)11-18-5-3-4-6-22(18)35-15-23(32)27-16-26/h3-6,17,19-21,30-31H,7-16H2,1-2H3,(H,27,32)/t20-,21+/m0/s1. The van der Waals surface area contributed by atoms with Crippen molar-refractivity contribution in [2.45, 2.75) is 51.7 Å². The molecule has 3 heterocycles. The molecule has 35 heavy (non-hydrogen) atoms. The molecule has 0 saturated carbocycles. The van der Waals surface area contributed by atoms with E-state index < -0.39 is 17.6 Å². The highest BCUT2D eigenvalue weighted by atomic mass is 16.5. The van der Waals surface area contributed by atoms with E-state index in [1.165, 1.54) is 0 Å². The number of aliphatic hydroxyl groups excluding tert-OH is 2. The second-order valence-electron chi connectivity index (χ2n) is 10.6. The maximum Gasteiger partial charge on any atom is 0.257 e. The zero-order valence-electron chi connectivity index (χ0n) is 20.6. The van der Waals surface area contributed by atoms with Gasteiger partial charge in [-0.05, 0) is 36.3 Å². The van der Waals surface area contributed by atoms with E-state index >= 15 is 0 Å². The number of nitrogens with zero attached hydrogens (tertiary/aromatic N) is 2. The van der Waals surface area contributed by atoms with Gasteiger partial charge in [-0.2, -0.15) is 0 Å². The molecule has 0 aliphatic carbocycles. The predicted molar refractivity (Wildman–Crippen MR) is 128 cm³/mol. The Morgan fingerprint density at radius 1 is 1.09 bits per heavy atom. The second-order valence-corrected chi connectivity index (χ2v) is 10.6. The topological polar surface area (TPSA) is 119 Å². The summed E-state index contributed by atoms with van der Waals surface area (Å²) in [6.45, 7) is 5.93. The number of ether oxygens (including phenoxy) is 1. The zero-order chi connectivity index (χ0) is 25.2. The van der Waals surface area contributed by atoms with E-state index in [-0.39, 0.29) is 42.6 Å². The monoisotopic (exact) mass is 487 g/mol. The largest absolute Gasteiger partial charge is 0.483 e. The molecular weight excluding hydrogens is 450 g/mol.